The number of nitrogens with one attached hydrogen (secondary N) is 2. The molecule has 7 heteroatoms. The lowest BCUT2D eigenvalue weighted by molar-refractivity contribution is 0.530. The Morgan fingerprint density at radius 1 is 1.14 bits per heavy atom. The summed E-state index contributed by atoms with van der Waals surface area (Å²) >= 11 is 5.31. The van der Waals surface area contributed by atoms with E-state index >= 15 is 0 Å². The van der Waals surface area contributed by atoms with E-state index in [0.29, 0.717) is 17.0 Å². The van der Waals surface area contributed by atoms with Crippen molar-refractivity contribution in [3.63, 3.8) is 0 Å². The van der Waals surface area contributed by atoms with E-state index in [1.807, 2.05) is 0 Å². The van der Waals surface area contributed by atoms with Gasteiger partial charge in [-0.15, -0.1) is 0 Å². The molecule has 0 unspecified atom stereocenters. The summed E-state index contributed by atoms with van der Waals surface area (Å²) in [7, 11) is 0. The van der Waals surface area contributed by atoms with Gasteiger partial charge in [-0.05, 0) is 18.8 Å². The average Bonchev–Trinajstić information content (AvgIpc) is 3.14. The Bertz CT molecular complexity index is 900. The molecule has 22 heavy (non-hydrogen) atoms. The lowest BCUT2D eigenvalue weighted by Crippen LogP contribution is -2.31. The van der Waals surface area contributed by atoms with Gasteiger partial charge in [0.25, 0.3) is 5.56 Å². The van der Waals surface area contributed by atoms with Gasteiger partial charge in [0.05, 0.1) is 0 Å². The summed E-state index contributed by atoms with van der Waals surface area (Å²) in [5.41, 5.74) is -0.258. The van der Waals surface area contributed by atoms with Gasteiger partial charge in [0, 0.05) is 12.5 Å². The van der Waals surface area contributed by atoms with Gasteiger partial charge in [0.1, 0.15) is 21.5 Å². The molecule has 2 aliphatic rings. The third kappa shape index (κ3) is 2.33. The first-order valence-electron chi connectivity index (χ1n) is 7.91. The maximum absolute atomic E-state index is 12.1. The Kier molecular flexibility index (Phi) is 3.25. The highest BCUT2D eigenvalue weighted by atomic mass is 32.1. The van der Waals surface area contributed by atoms with Crippen molar-refractivity contribution in [1.82, 2.24) is 19.5 Å². The van der Waals surface area contributed by atoms with Crippen LogP contribution < -0.4 is 11.2 Å². The monoisotopic (exact) mass is 318 g/mol. The zero-order chi connectivity index (χ0) is 15.3. The van der Waals surface area contributed by atoms with Gasteiger partial charge >= 0.3 is 5.69 Å². The zero-order valence-electron chi connectivity index (χ0n) is 12.2. The van der Waals surface area contributed by atoms with Crippen LogP contribution in [0.4, 0.5) is 0 Å². The average molecular weight is 318 g/mol. The number of nitrogens with zero attached hydrogens (tertiary/aromatic N) is 2. The second-order valence-corrected chi connectivity index (χ2v) is 6.81. The highest BCUT2D eigenvalue weighted by Crippen LogP contribution is 2.35. The Labute approximate surface area is 131 Å². The summed E-state index contributed by atoms with van der Waals surface area (Å²) in [4.78, 5) is 34.2. The molecule has 0 saturated heterocycles. The topological polar surface area (TPSA) is 83.5 Å². The maximum atomic E-state index is 12.1. The third-order valence-corrected chi connectivity index (χ3v) is 5.02. The van der Waals surface area contributed by atoms with Crippen LogP contribution in [0.15, 0.2) is 9.59 Å². The standard InChI is InChI=1S/C15H18N4O2S/c20-13-11-12(19(9-5-6-9)15(21)18-13)16-10(17-14(11)22)7-8-3-1-2-4-8/h8-9H,1-7H2,(H,16,17,22)(H,18,20,21). The predicted octanol–water partition coefficient (Wildman–Crippen LogP) is 2.21. The lowest BCUT2D eigenvalue weighted by atomic mass is 10.0. The van der Waals surface area contributed by atoms with Crippen molar-refractivity contribution in [2.24, 2.45) is 5.92 Å². The molecule has 2 aliphatic carbocycles. The summed E-state index contributed by atoms with van der Waals surface area (Å²) in [5.74, 6) is 1.42. The third-order valence-electron chi connectivity index (χ3n) is 4.73. The van der Waals surface area contributed by atoms with Gasteiger partial charge in [-0.25, -0.2) is 9.78 Å². The molecule has 2 aromatic heterocycles. The molecular weight excluding hydrogens is 300 g/mol. The molecule has 2 fully saturated rings. The molecule has 0 bridgehead atoms. The fourth-order valence-corrected chi connectivity index (χ4v) is 3.78. The first-order chi connectivity index (χ1) is 10.6. The Hall–Kier alpha value is -1.76. The van der Waals surface area contributed by atoms with Crippen molar-refractivity contribution in [2.75, 3.05) is 0 Å². The molecule has 6 nitrogen and oxygen atoms in total. The number of hydrogen-bond donors (Lipinski definition) is 2. The molecule has 2 heterocycles. The summed E-state index contributed by atoms with van der Waals surface area (Å²) in [6.07, 6.45) is 7.72. The van der Waals surface area contributed by atoms with E-state index in [-0.39, 0.29) is 16.4 Å². The van der Waals surface area contributed by atoms with Crippen molar-refractivity contribution in [3.05, 3.63) is 31.3 Å². The number of rotatable bonds is 3. The van der Waals surface area contributed by atoms with Crippen molar-refractivity contribution in [1.29, 1.82) is 0 Å². The van der Waals surface area contributed by atoms with Gasteiger partial charge in [0.15, 0.2) is 0 Å². The van der Waals surface area contributed by atoms with Crippen LogP contribution in [-0.2, 0) is 6.42 Å². The van der Waals surface area contributed by atoms with Crippen molar-refractivity contribution in [2.45, 2.75) is 51.0 Å². The van der Waals surface area contributed by atoms with Crippen molar-refractivity contribution in [3.8, 4) is 0 Å². The molecule has 0 spiro atoms. The smallest absolute Gasteiger partial charge is 0.329 e. The molecular formula is C15H18N4O2S. The van der Waals surface area contributed by atoms with Gasteiger partial charge in [-0.3, -0.25) is 14.3 Å². The molecule has 4 rings (SSSR count). The van der Waals surface area contributed by atoms with Gasteiger partial charge < -0.3 is 4.98 Å². The maximum Gasteiger partial charge on any atom is 0.330 e. The quantitative estimate of drug-likeness (QED) is 0.850. The van der Waals surface area contributed by atoms with E-state index in [0.717, 1.165) is 25.1 Å². The first kappa shape index (κ1) is 13.9. The molecule has 0 atom stereocenters. The highest BCUT2D eigenvalue weighted by molar-refractivity contribution is 7.71. The van der Waals surface area contributed by atoms with Crippen LogP contribution in [0.2, 0.25) is 0 Å². The zero-order valence-corrected chi connectivity index (χ0v) is 13.0. The Balaban J connectivity index is 1.91. The van der Waals surface area contributed by atoms with E-state index < -0.39 is 5.56 Å². The Morgan fingerprint density at radius 3 is 2.55 bits per heavy atom. The van der Waals surface area contributed by atoms with Crippen LogP contribution in [0.25, 0.3) is 11.0 Å². The number of H-pyrrole nitrogens is 2. The number of hydrogen-bond acceptors (Lipinski definition) is 4. The molecule has 0 radical (unpaired) electrons. The highest BCUT2D eigenvalue weighted by Gasteiger charge is 2.28. The van der Waals surface area contributed by atoms with E-state index in [1.54, 1.807) is 4.57 Å². The van der Waals surface area contributed by atoms with Crippen molar-refractivity contribution < 1.29 is 0 Å². The van der Waals surface area contributed by atoms with Crippen LogP contribution in [0.5, 0.6) is 0 Å². The largest absolute Gasteiger partial charge is 0.330 e. The van der Waals surface area contributed by atoms with Crippen LogP contribution in [0.3, 0.4) is 0 Å². The van der Waals surface area contributed by atoms with Crippen LogP contribution in [0.1, 0.15) is 50.4 Å². The van der Waals surface area contributed by atoms with Gasteiger partial charge in [0.2, 0.25) is 0 Å². The number of fused-ring (bicyclic) bond motifs is 1. The van der Waals surface area contributed by atoms with E-state index in [4.69, 9.17) is 12.2 Å². The summed E-state index contributed by atoms with van der Waals surface area (Å²) in [6, 6.07) is 0.166. The summed E-state index contributed by atoms with van der Waals surface area (Å²) in [5, 5.41) is 0.330. The predicted molar refractivity (Wildman–Crippen MR) is 85.7 cm³/mol. The SMILES string of the molecule is O=c1[nH]c(=O)n(C2CC2)c2[nH]c(CC3CCCC3)nc(=S)c12. The minimum atomic E-state index is -0.446. The normalized spacial score (nSPS) is 19.1. The first-order valence-corrected chi connectivity index (χ1v) is 8.32. The molecule has 0 aliphatic heterocycles. The Morgan fingerprint density at radius 2 is 1.86 bits per heavy atom. The minimum Gasteiger partial charge on any atom is -0.329 e. The molecule has 116 valence electrons. The molecule has 2 aromatic rings. The van der Waals surface area contributed by atoms with Crippen LogP contribution in [-0.4, -0.2) is 19.5 Å². The fourth-order valence-electron chi connectivity index (χ4n) is 3.48. The summed E-state index contributed by atoms with van der Waals surface area (Å²) < 4.78 is 1.93. The molecule has 0 amide bonds. The van der Waals surface area contributed by atoms with E-state index in [1.165, 1.54) is 25.7 Å². The number of aromatic amines is 2. The van der Waals surface area contributed by atoms with Gasteiger partial charge in [-0.2, -0.15) is 0 Å². The van der Waals surface area contributed by atoms with E-state index in [2.05, 4.69) is 15.0 Å². The minimum absolute atomic E-state index is 0.166. The van der Waals surface area contributed by atoms with Crippen molar-refractivity contribution >= 4 is 23.3 Å². The van der Waals surface area contributed by atoms with Gasteiger partial charge in [-0.1, -0.05) is 37.9 Å². The number of aromatic nitrogens is 4. The van der Waals surface area contributed by atoms with E-state index in [9.17, 15) is 9.59 Å². The second kappa shape index (κ2) is 5.15. The lowest BCUT2D eigenvalue weighted by Gasteiger charge is -2.12. The second-order valence-electron chi connectivity index (χ2n) is 6.43. The molecule has 2 saturated carbocycles. The molecule has 0 aromatic carbocycles. The van der Waals surface area contributed by atoms with Crippen LogP contribution in [0, 0.1) is 10.6 Å². The molecule has 2 N–H and O–H groups in total. The fraction of sp³-hybridized carbons (Fsp3) is 0.600. The summed E-state index contributed by atoms with van der Waals surface area (Å²) in [6.45, 7) is 0. The van der Waals surface area contributed by atoms with Crippen LogP contribution >= 0.6 is 12.2 Å².